The molecule has 4 rings (SSSR count). The standard InChI is InChI=1S/C25H30FNO3/c1-29-23-7-5-19(6-8-23)15-21-9-14-30-25(18-21)10-12-27(13-11-25)24(28)17-20-3-2-4-22(26)16-20/h2-8,16,21H,9-15,17-18H2,1H3. The molecule has 2 aromatic carbocycles. The summed E-state index contributed by atoms with van der Waals surface area (Å²) in [6, 6.07) is 14.6. The number of nitrogens with zero attached hydrogens (tertiary/aromatic N) is 1. The average Bonchev–Trinajstić information content (AvgIpc) is 2.75. The minimum absolute atomic E-state index is 0.0704. The third-order valence-electron chi connectivity index (χ3n) is 6.55. The van der Waals surface area contributed by atoms with E-state index in [0.29, 0.717) is 19.0 Å². The quantitative estimate of drug-likeness (QED) is 0.732. The monoisotopic (exact) mass is 411 g/mol. The van der Waals surface area contributed by atoms with Gasteiger partial charge in [0.05, 0.1) is 19.1 Å². The SMILES string of the molecule is COc1ccc(CC2CCOC3(CCN(C(=O)Cc4cccc(F)c4)CC3)C2)cc1. The number of amides is 1. The Morgan fingerprint density at radius 2 is 1.93 bits per heavy atom. The number of rotatable bonds is 5. The Morgan fingerprint density at radius 3 is 2.63 bits per heavy atom. The van der Waals surface area contributed by atoms with Gasteiger partial charge in [-0.3, -0.25) is 4.79 Å². The molecule has 0 saturated carbocycles. The summed E-state index contributed by atoms with van der Waals surface area (Å²) in [6.07, 6.45) is 5.19. The molecule has 2 fully saturated rings. The van der Waals surface area contributed by atoms with Gasteiger partial charge < -0.3 is 14.4 Å². The van der Waals surface area contributed by atoms with Crippen LogP contribution in [0.25, 0.3) is 0 Å². The Kier molecular flexibility index (Phi) is 6.38. The largest absolute Gasteiger partial charge is 0.497 e. The van der Waals surface area contributed by atoms with E-state index in [1.165, 1.54) is 17.7 Å². The van der Waals surface area contributed by atoms with Crippen molar-refractivity contribution in [3.63, 3.8) is 0 Å². The van der Waals surface area contributed by atoms with Gasteiger partial charge in [-0.2, -0.15) is 0 Å². The Labute approximate surface area is 178 Å². The number of likely N-dealkylation sites (tertiary alicyclic amines) is 1. The van der Waals surface area contributed by atoms with Crippen LogP contribution in [0.4, 0.5) is 4.39 Å². The van der Waals surface area contributed by atoms with Crippen LogP contribution in [0.5, 0.6) is 5.75 Å². The first-order valence-corrected chi connectivity index (χ1v) is 10.8. The Hall–Kier alpha value is -2.40. The number of benzene rings is 2. The molecule has 0 bridgehead atoms. The van der Waals surface area contributed by atoms with Crippen molar-refractivity contribution in [3.05, 3.63) is 65.5 Å². The van der Waals surface area contributed by atoms with Crippen LogP contribution in [-0.2, 0) is 22.4 Å². The van der Waals surface area contributed by atoms with Gasteiger partial charge in [0.1, 0.15) is 11.6 Å². The summed E-state index contributed by atoms with van der Waals surface area (Å²) in [5, 5.41) is 0. The minimum Gasteiger partial charge on any atom is -0.497 e. The number of hydrogen-bond donors (Lipinski definition) is 0. The first-order chi connectivity index (χ1) is 14.5. The normalized spacial score (nSPS) is 20.9. The third-order valence-corrected chi connectivity index (χ3v) is 6.55. The highest BCUT2D eigenvalue weighted by Crippen LogP contribution is 2.39. The van der Waals surface area contributed by atoms with Crippen molar-refractivity contribution in [2.24, 2.45) is 5.92 Å². The lowest BCUT2D eigenvalue weighted by Gasteiger charge is -2.46. The summed E-state index contributed by atoms with van der Waals surface area (Å²) in [4.78, 5) is 14.6. The molecule has 160 valence electrons. The number of hydrogen-bond acceptors (Lipinski definition) is 3. The first kappa shape index (κ1) is 20.9. The molecule has 4 nitrogen and oxygen atoms in total. The molecule has 1 spiro atoms. The molecule has 2 aliphatic heterocycles. The van der Waals surface area contributed by atoms with Gasteiger partial charge in [0.15, 0.2) is 0 Å². The van der Waals surface area contributed by atoms with Crippen LogP contribution in [0.15, 0.2) is 48.5 Å². The second-order valence-electron chi connectivity index (χ2n) is 8.63. The van der Waals surface area contributed by atoms with Gasteiger partial charge >= 0.3 is 0 Å². The van der Waals surface area contributed by atoms with Crippen molar-refractivity contribution in [2.45, 2.75) is 44.1 Å². The van der Waals surface area contributed by atoms with E-state index < -0.39 is 0 Å². The van der Waals surface area contributed by atoms with Gasteiger partial charge in [0, 0.05) is 19.7 Å². The van der Waals surface area contributed by atoms with E-state index in [1.807, 2.05) is 17.0 Å². The molecule has 1 amide bonds. The molecule has 0 N–H and O–H groups in total. The highest BCUT2D eigenvalue weighted by molar-refractivity contribution is 5.78. The second kappa shape index (κ2) is 9.17. The minimum atomic E-state index is -0.295. The van der Waals surface area contributed by atoms with Crippen molar-refractivity contribution in [2.75, 3.05) is 26.8 Å². The van der Waals surface area contributed by atoms with Crippen LogP contribution in [0.1, 0.15) is 36.8 Å². The van der Waals surface area contributed by atoms with E-state index >= 15 is 0 Å². The van der Waals surface area contributed by atoms with E-state index in [1.54, 1.807) is 19.2 Å². The summed E-state index contributed by atoms with van der Waals surface area (Å²) in [5.74, 6) is 1.26. The molecule has 2 aromatic rings. The Bertz CT molecular complexity index is 859. The van der Waals surface area contributed by atoms with E-state index in [4.69, 9.17) is 9.47 Å². The Balaban J connectivity index is 1.31. The van der Waals surface area contributed by atoms with Gasteiger partial charge in [-0.25, -0.2) is 4.39 Å². The van der Waals surface area contributed by atoms with Crippen LogP contribution in [-0.4, -0.2) is 43.2 Å². The fourth-order valence-corrected chi connectivity index (χ4v) is 4.84. The molecule has 2 aliphatic rings. The fourth-order valence-electron chi connectivity index (χ4n) is 4.84. The van der Waals surface area contributed by atoms with Crippen molar-refractivity contribution < 1.29 is 18.7 Å². The molecular formula is C25H30FNO3. The molecule has 0 aliphatic carbocycles. The summed E-state index contributed by atoms with van der Waals surface area (Å²) < 4.78 is 24.9. The summed E-state index contributed by atoms with van der Waals surface area (Å²) >= 11 is 0. The van der Waals surface area contributed by atoms with Gasteiger partial charge in [-0.15, -0.1) is 0 Å². The van der Waals surface area contributed by atoms with Gasteiger partial charge in [0.25, 0.3) is 0 Å². The van der Waals surface area contributed by atoms with Crippen LogP contribution in [0, 0.1) is 11.7 Å². The lowest BCUT2D eigenvalue weighted by molar-refractivity contribution is -0.146. The zero-order valence-corrected chi connectivity index (χ0v) is 17.6. The molecular weight excluding hydrogens is 381 g/mol. The zero-order valence-electron chi connectivity index (χ0n) is 17.6. The highest BCUT2D eigenvalue weighted by Gasteiger charge is 2.41. The number of methoxy groups -OCH3 is 1. The smallest absolute Gasteiger partial charge is 0.226 e. The predicted molar refractivity (Wildman–Crippen MR) is 114 cm³/mol. The number of carbonyl (C=O) groups excluding carboxylic acids is 1. The number of ether oxygens (including phenoxy) is 2. The molecule has 1 unspecified atom stereocenters. The van der Waals surface area contributed by atoms with Crippen molar-refractivity contribution in [3.8, 4) is 5.75 Å². The van der Waals surface area contributed by atoms with E-state index in [0.717, 1.165) is 50.0 Å². The van der Waals surface area contributed by atoms with E-state index in [-0.39, 0.29) is 23.7 Å². The van der Waals surface area contributed by atoms with Crippen molar-refractivity contribution in [1.82, 2.24) is 4.90 Å². The van der Waals surface area contributed by atoms with Gasteiger partial charge in [-0.05, 0) is 73.4 Å². The highest BCUT2D eigenvalue weighted by atomic mass is 19.1. The van der Waals surface area contributed by atoms with E-state index in [9.17, 15) is 9.18 Å². The maximum absolute atomic E-state index is 13.4. The van der Waals surface area contributed by atoms with Crippen LogP contribution in [0.3, 0.4) is 0 Å². The fraction of sp³-hybridized carbons (Fsp3) is 0.480. The van der Waals surface area contributed by atoms with Crippen LogP contribution < -0.4 is 4.74 Å². The lowest BCUT2D eigenvalue weighted by atomic mass is 9.77. The molecule has 0 radical (unpaired) electrons. The van der Waals surface area contributed by atoms with E-state index in [2.05, 4.69) is 12.1 Å². The molecule has 2 saturated heterocycles. The number of piperidine rings is 1. The topological polar surface area (TPSA) is 38.8 Å². The molecule has 30 heavy (non-hydrogen) atoms. The summed E-state index contributed by atoms with van der Waals surface area (Å²) in [7, 11) is 1.69. The predicted octanol–water partition coefficient (Wildman–Crippen LogP) is 4.41. The third kappa shape index (κ3) is 5.01. The van der Waals surface area contributed by atoms with Crippen LogP contribution in [0.2, 0.25) is 0 Å². The molecule has 5 heteroatoms. The van der Waals surface area contributed by atoms with Gasteiger partial charge in [-0.1, -0.05) is 24.3 Å². The molecule has 1 atom stereocenters. The summed E-state index contributed by atoms with van der Waals surface area (Å²) in [5.41, 5.74) is 1.96. The van der Waals surface area contributed by atoms with Crippen molar-refractivity contribution >= 4 is 5.91 Å². The lowest BCUT2D eigenvalue weighted by Crippen LogP contribution is -2.51. The summed E-state index contributed by atoms with van der Waals surface area (Å²) in [6.45, 7) is 2.21. The molecule has 0 aromatic heterocycles. The van der Waals surface area contributed by atoms with Crippen LogP contribution >= 0.6 is 0 Å². The first-order valence-electron chi connectivity index (χ1n) is 10.8. The Morgan fingerprint density at radius 1 is 1.17 bits per heavy atom. The number of carbonyl (C=O) groups is 1. The number of halogens is 1. The molecule has 2 heterocycles. The maximum Gasteiger partial charge on any atom is 0.226 e. The second-order valence-corrected chi connectivity index (χ2v) is 8.63. The van der Waals surface area contributed by atoms with Crippen molar-refractivity contribution in [1.29, 1.82) is 0 Å². The average molecular weight is 412 g/mol. The zero-order chi connectivity index (χ0) is 21.0. The maximum atomic E-state index is 13.4. The van der Waals surface area contributed by atoms with Gasteiger partial charge in [0.2, 0.25) is 5.91 Å².